The number of esters is 2. The van der Waals surface area contributed by atoms with Crippen LogP contribution < -0.4 is 0 Å². The van der Waals surface area contributed by atoms with Gasteiger partial charge < -0.3 is 9.47 Å². The van der Waals surface area contributed by atoms with E-state index in [2.05, 4.69) is 0 Å². The fraction of sp³-hybridized carbons (Fsp3) is 0.333. The Morgan fingerprint density at radius 2 is 1.07 bits per heavy atom. The molecule has 0 saturated carbocycles. The normalized spacial score (nSPS) is 11.1. The van der Waals surface area contributed by atoms with Crippen molar-refractivity contribution in [3.8, 4) is 0 Å². The Morgan fingerprint density at radius 1 is 0.741 bits per heavy atom. The molecule has 0 spiro atoms. The summed E-state index contributed by atoms with van der Waals surface area (Å²) in [6.45, 7) is 3.75. The van der Waals surface area contributed by atoms with E-state index in [-0.39, 0.29) is 26.1 Å². The molecule has 0 N–H and O–H groups in total. The first-order chi connectivity index (χ1) is 12.9. The zero-order chi connectivity index (χ0) is 19.9. The molecule has 0 atom stereocenters. The van der Waals surface area contributed by atoms with Crippen molar-refractivity contribution in [3.05, 3.63) is 69.7 Å². The van der Waals surface area contributed by atoms with Crippen LogP contribution in [0.3, 0.4) is 0 Å². The van der Waals surface area contributed by atoms with Gasteiger partial charge in [0.25, 0.3) is 0 Å². The highest BCUT2D eigenvalue weighted by Crippen LogP contribution is 2.32. The molecule has 0 aliphatic carbocycles. The van der Waals surface area contributed by atoms with Gasteiger partial charge in [0.1, 0.15) is 0 Å². The average Bonchev–Trinajstić information content (AvgIpc) is 2.65. The number of hydrogen-bond acceptors (Lipinski definition) is 4. The molecule has 0 amide bonds. The maximum absolute atomic E-state index is 12.9. The molecule has 0 aliphatic rings. The highest BCUT2D eigenvalue weighted by Gasteiger charge is 2.49. The molecule has 0 saturated heterocycles. The van der Waals surface area contributed by atoms with Crippen LogP contribution in [-0.2, 0) is 31.9 Å². The molecule has 2 aromatic carbocycles. The Bertz CT molecular complexity index is 702. The highest BCUT2D eigenvalue weighted by atomic mass is 35.5. The number of halogens is 2. The lowest BCUT2D eigenvalue weighted by atomic mass is 9.76. The Kier molecular flexibility index (Phi) is 7.69. The Labute approximate surface area is 169 Å². The number of carbonyl (C=O) groups is 2. The summed E-state index contributed by atoms with van der Waals surface area (Å²) >= 11 is 11.9. The first-order valence-corrected chi connectivity index (χ1v) is 9.50. The molecule has 144 valence electrons. The van der Waals surface area contributed by atoms with Crippen LogP contribution >= 0.6 is 23.2 Å². The predicted octanol–water partition coefficient (Wildman–Crippen LogP) is 4.89. The van der Waals surface area contributed by atoms with Gasteiger partial charge in [-0.15, -0.1) is 0 Å². The third kappa shape index (κ3) is 5.47. The Hall–Kier alpha value is -2.04. The van der Waals surface area contributed by atoms with Crippen molar-refractivity contribution in [1.82, 2.24) is 0 Å². The molecule has 0 fully saturated rings. The van der Waals surface area contributed by atoms with E-state index in [1.165, 1.54) is 0 Å². The minimum Gasteiger partial charge on any atom is -0.465 e. The maximum Gasteiger partial charge on any atom is 0.324 e. The minimum absolute atomic E-state index is 0.143. The van der Waals surface area contributed by atoms with Gasteiger partial charge >= 0.3 is 11.9 Å². The van der Waals surface area contributed by atoms with Crippen molar-refractivity contribution in [2.24, 2.45) is 5.41 Å². The molecule has 0 heterocycles. The minimum atomic E-state index is -1.49. The van der Waals surface area contributed by atoms with E-state index in [1.54, 1.807) is 62.4 Å². The van der Waals surface area contributed by atoms with E-state index in [0.29, 0.717) is 10.0 Å². The largest absolute Gasteiger partial charge is 0.465 e. The maximum atomic E-state index is 12.9. The van der Waals surface area contributed by atoms with Gasteiger partial charge in [-0.1, -0.05) is 47.5 Å². The van der Waals surface area contributed by atoms with Gasteiger partial charge in [-0.05, 0) is 62.1 Å². The van der Waals surface area contributed by atoms with E-state index in [9.17, 15) is 9.59 Å². The van der Waals surface area contributed by atoms with E-state index in [1.807, 2.05) is 0 Å². The first kappa shape index (κ1) is 21.3. The molecular formula is C21H22Cl2O4. The SMILES string of the molecule is CCOC(=O)C(Cc1ccc(Cl)cc1)(Cc1ccc(Cl)cc1)C(=O)OCC. The van der Waals surface area contributed by atoms with Crippen molar-refractivity contribution in [2.45, 2.75) is 26.7 Å². The number of carbonyl (C=O) groups excluding carboxylic acids is 2. The fourth-order valence-electron chi connectivity index (χ4n) is 2.87. The number of hydrogen-bond donors (Lipinski definition) is 0. The third-order valence-corrected chi connectivity index (χ3v) is 4.67. The predicted molar refractivity (Wildman–Crippen MR) is 106 cm³/mol. The standard InChI is InChI=1S/C21H22Cl2O4/c1-3-26-19(24)21(20(25)27-4-2,13-15-5-9-17(22)10-6-15)14-16-7-11-18(23)12-8-16/h5-12H,3-4,13-14H2,1-2H3. The quantitative estimate of drug-likeness (QED) is 0.460. The lowest BCUT2D eigenvalue weighted by molar-refractivity contribution is -0.172. The van der Waals surface area contributed by atoms with Gasteiger partial charge in [0.05, 0.1) is 13.2 Å². The van der Waals surface area contributed by atoms with Crippen molar-refractivity contribution < 1.29 is 19.1 Å². The van der Waals surface area contributed by atoms with Crippen molar-refractivity contribution in [2.75, 3.05) is 13.2 Å². The summed E-state index contributed by atoms with van der Waals surface area (Å²) in [5.41, 5.74) is 0.0807. The molecule has 6 heteroatoms. The second kappa shape index (κ2) is 9.77. The summed E-state index contributed by atoms with van der Waals surface area (Å²) in [6, 6.07) is 14.0. The monoisotopic (exact) mass is 408 g/mol. The average molecular weight is 409 g/mol. The van der Waals surface area contributed by atoms with Gasteiger partial charge in [0.15, 0.2) is 5.41 Å². The summed E-state index contributed by atoms with van der Waals surface area (Å²) in [6.07, 6.45) is 0.287. The van der Waals surface area contributed by atoms with Crippen molar-refractivity contribution >= 4 is 35.1 Å². The van der Waals surface area contributed by atoms with Gasteiger partial charge in [-0.2, -0.15) is 0 Å². The van der Waals surface area contributed by atoms with E-state index in [4.69, 9.17) is 32.7 Å². The van der Waals surface area contributed by atoms with Gasteiger partial charge in [0, 0.05) is 10.0 Å². The Morgan fingerprint density at radius 3 is 1.37 bits per heavy atom. The van der Waals surface area contributed by atoms with Crippen LogP contribution in [-0.4, -0.2) is 25.2 Å². The second-order valence-corrected chi connectivity index (χ2v) is 7.00. The fourth-order valence-corrected chi connectivity index (χ4v) is 3.13. The number of ether oxygens (including phenoxy) is 2. The van der Waals surface area contributed by atoms with Gasteiger partial charge in [-0.3, -0.25) is 9.59 Å². The number of benzene rings is 2. The number of rotatable bonds is 8. The van der Waals surface area contributed by atoms with Crippen molar-refractivity contribution in [3.63, 3.8) is 0 Å². The molecule has 2 rings (SSSR count). The molecule has 27 heavy (non-hydrogen) atoms. The van der Waals surface area contributed by atoms with Crippen LogP contribution in [0.1, 0.15) is 25.0 Å². The molecule has 0 unspecified atom stereocenters. The highest BCUT2D eigenvalue weighted by molar-refractivity contribution is 6.30. The molecule has 2 aromatic rings. The van der Waals surface area contributed by atoms with Gasteiger partial charge in [-0.25, -0.2) is 0 Å². The molecule has 4 nitrogen and oxygen atoms in total. The zero-order valence-electron chi connectivity index (χ0n) is 15.3. The third-order valence-electron chi connectivity index (χ3n) is 4.17. The summed E-state index contributed by atoms with van der Waals surface area (Å²) in [4.78, 5) is 25.9. The smallest absolute Gasteiger partial charge is 0.324 e. The van der Waals surface area contributed by atoms with E-state index < -0.39 is 17.4 Å². The van der Waals surface area contributed by atoms with Crippen LogP contribution in [0.25, 0.3) is 0 Å². The van der Waals surface area contributed by atoms with Crippen LogP contribution in [0, 0.1) is 5.41 Å². The summed E-state index contributed by atoms with van der Waals surface area (Å²) in [5, 5.41) is 1.16. The van der Waals surface area contributed by atoms with Crippen molar-refractivity contribution in [1.29, 1.82) is 0 Å². The molecule has 0 aliphatic heterocycles. The zero-order valence-corrected chi connectivity index (χ0v) is 16.8. The molecular weight excluding hydrogens is 387 g/mol. The lowest BCUT2D eigenvalue weighted by Gasteiger charge is -2.29. The summed E-state index contributed by atoms with van der Waals surface area (Å²) < 4.78 is 10.5. The molecule has 0 bridgehead atoms. The Balaban J connectivity index is 2.49. The van der Waals surface area contributed by atoms with Gasteiger partial charge in [0.2, 0.25) is 0 Å². The second-order valence-electron chi connectivity index (χ2n) is 6.13. The van der Waals surface area contributed by atoms with E-state index in [0.717, 1.165) is 11.1 Å². The first-order valence-electron chi connectivity index (χ1n) is 8.74. The lowest BCUT2D eigenvalue weighted by Crippen LogP contribution is -2.45. The van der Waals surface area contributed by atoms with Crippen LogP contribution in [0.2, 0.25) is 10.0 Å². The summed E-state index contributed by atoms with van der Waals surface area (Å²) in [7, 11) is 0. The summed E-state index contributed by atoms with van der Waals surface area (Å²) in [5.74, 6) is -1.21. The van der Waals surface area contributed by atoms with Crippen LogP contribution in [0.5, 0.6) is 0 Å². The molecule has 0 radical (unpaired) electrons. The van der Waals surface area contributed by atoms with Crippen LogP contribution in [0.15, 0.2) is 48.5 Å². The topological polar surface area (TPSA) is 52.6 Å². The van der Waals surface area contributed by atoms with Crippen LogP contribution in [0.4, 0.5) is 0 Å². The van der Waals surface area contributed by atoms with E-state index >= 15 is 0 Å². The molecule has 0 aromatic heterocycles.